The van der Waals surface area contributed by atoms with Crippen LogP contribution in [0.5, 0.6) is 5.88 Å². The first kappa shape index (κ1) is 16.6. The second-order valence-electron chi connectivity index (χ2n) is 6.67. The lowest BCUT2D eigenvalue weighted by Gasteiger charge is -2.24. The Balaban J connectivity index is 2.05. The number of hydrogen-bond acceptors (Lipinski definition) is 4. The molecule has 0 radical (unpaired) electrons. The number of methoxy groups -OCH3 is 1. The average molecular weight is 306 g/mol. The van der Waals surface area contributed by atoms with Crippen LogP contribution in [0.1, 0.15) is 51.3 Å². The van der Waals surface area contributed by atoms with E-state index in [1.807, 2.05) is 26.8 Å². The molecule has 0 aliphatic carbocycles. The number of aryl methyl sites for hydroxylation is 1. The number of pyridine rings is 1. The van der Waals surface area contributed by atoms with E-state index in [1.165, 1.54) is 0 Å². The normalized spacial score (nSPS) is 18.4. The molecule has 1 amide bonds. The van der Waals surface area contributed by atoms with Crippen molar-refractivity contribution in [3.05, 3.63) is 23.4 Å². The molecule has 5 nitrogen and oxygen atoms in total. The lowest BCUT2D eigenvalue weighted by atomic mass is 10.0. The highest BCUT2D eigenvalue weighted by atomic mass is 16.6. The summed E-state index contributed by atoms with van der Waals surface area (Å²) < 4.78 is 10.8. The summed E-state index contributed by atoms with van der Waals surface area (Å²) in [5.41, 5.74) is 1.63. The Hall–Kier alpha value is -1.78. The minimum Gasteiger partial charge on any atom is -0.481 e. The molecule has 1 saturated heterocycles. The fourth-order valence-electron chi connectivity index (χ4n) is 2.65. The van der Waals surface area contributed by atoms with Gasteiger partial charge in [-0.2, -0.15) is 0 Å². The Morgan fingerprint density at radius 3 is 2.73 bits per heavy atom. The number of carbonyl (C=O) groups is 1. The summed E-state index contributed by atoms with van der Waals surface area (Å²) >= 11 is 0. The summed E-state index contributed by atoms with van der Waals surface area (Å²) in [5.74, 6) is 0.933. The predicted molar refractivity (Wildman–Crippen MR) is 85.3 cm³/mol. The van der Waals surface area contributed by atoms with Crippen molar-refractivity contribution in [2.75, 3.05) is 20.2 Å². The van der Waals surface area contributed by atoms with Crippen molar-refractivity contribution >= 4 is 6.09 Å². The van der Waals surface area contributed by atoms with Crippen molar-refractivity contribution in [2.24, 2.45) is 0 Å². The highest BCUT2D eigenvalue weighted by molar-refractivity contribution is 5.68. The Morgan fingerprint density at radius 2 is 2.14 bits per heavy atom. The molecule has 1 aromatic heterocycles. The zero-order chi connectivity index (χ0) is 16.3. The Kier molecular flexibility index (Phi) is 4.94. The van der Waals surface area contributed by atoms with Crippen LogP contribution in [-0.4, -0.2) is 41.8 Å². The van der Waals surface area contributed by atoms with E-state index in [0.29, 0.717) is 19.0 Å². The maximum absolute atomic E-state index is 12.1. The standard InChI is InChI=1S/C17H26N2O3/c1-6-12-7-8-14(18-15(12)21-5)13-9-10-19(11-13)16(20)22-17(2,3)4/h7-8,13H,6,9-11H2,1-5H3. The van der Waals surface area contributed by atoms with Crippen molar-refractivity contribution in [3.63, 3.8) is 0 Å². The van der Waals surface area contributed by atoms with Crippen LogP contribution >= 0.6 is 0 Å². The number of likely N-dealkylation sites (tertiary alicyclic amines) is 1. The van der Waals surface area contributed by atoms with Crippen molar-refractivity contribution < 1.29 is 14.3 Å². The molecule has 1 aromatic rings. The summed E-state index contributed by atoms with van der Waals surface area (Å²) in [6, 6.07) is 4.11. The molecule has 0 bridgehead atoms. The molecule has 1 atom stereocenters. The lowest BCUT2D eigenvalue weighted by Crippen LogP contribution is -2.35. The number of carbonyl (C=O) groups excluding carboxylic acids is 1. The molecule has 22 heavy (non-hydrogen) atoms. The first-order chi connectivity index (χ1) is 10.3. The van der Waals surface area contributed by atoms with E-state index < -0.39 is 5.60 Å². The molecule has 0 saturated carbocycles. The first-order valence-electron chi connectivity index (χ1n) is 7.85. The van der Waals surface area contributed by atoms with Crippen LogP contribution in [0, 0.1) is 0 Å². The minimum absolute atomic E-state index is 0.243. The summed E-state index contributed by atoms with van der Waals surface area (Å²) in [4.78, 5) is 18.5. The molecule has 0 aromatic carbocycles. The van der Waals surface area contributed by atoms with Gasteiger partial charge in [0.1, 0.15) is 5.60 Å². The van der Waals surface area contributed by atoms with Crippen LogP contribution in [0.25, 0.3) is 0 Å². The highest BCUT2D eigenvalue weighted by Gasteiger charge is 2.31. The zero-order valence-corrected chi connectivity index (χ0v) is 14.2. The minimum atomic E-state index is -0.459. The van der Waals surface area contributed by atoms with Crippen molar-refractivity contribution in [1.82, 2.24) is 9.88 Å². The van der Waals surface area contributed by atoms with Gasteiger partial charge in [0.25, 0.3) is 0 Å². The topological polar surface area (TPSA) is 51.7 Å². The van der Waals surface area contributed by atoms with Gasteiger partial charge in [-0.05, 0) is 39.7 Å². The van der Waals surface area contributed by atoms with Gasteiger partial charge < -0.3 is 14.4 Å². The quantitative estimate of drug-likeness (QED) is 0.859. The van der Waals surface area contributed by atoms with Crippen LogP contribution in [0.4, 0.5) is 4.79 Å². The smallest absolute Gasteiger partial charge is 0.410 e. The molecule has 0 N–H and O–H groups in total. The largest absolute Gasteiger partial charge is 0.481 e. The van der Waals surface area contributed by atoms with E-state index in [9.17, 15) is 4.79 Å². The monoisotopic (exact) mass is 306 g/mol. The van der Waals surface area contributed by atoms with Crippen molar-refractivity contribution in [1.29, 1.82) is 0 Å². The highest BCUT2D eigenvalue weighted by Crippen LogP contribution is 2.29. The molecule has 1 aliphatic heterocycles. The van der Waals surface area contributed by atoms with E-state index in [0.717, 1.165) is 24.1 Å². The number of aromatic nitrogens is 1. The third-order valence-electron chi connectivity index (χ3n) is 3.79. The Bertz CT molecular complexity index is 537. The van der Waals surface area contributed by atoms with Gasteiger partial charge in [0.2, 0.25) is 5.88 Å². The fourth-order valence-corrected chi connectivity index (χ4v) is 2.65. The van der Waals surface area contributed by atoms with Gasteiger partial charge in [-0.3, -0.25) is 0 Å². The molecule has 0 spiro atoms. The van der Waals surface area contributed by atoms with Crippen molar-refractivity contribution in [3.8, 4) is 5.88 Å². The summed E-state index contributed by atoms with van der Waals surface area (Å²) in [6.07, 6.45) is 1.55. The molecule has 2 heterocycles. The zero-order valence-electron chi connectivity index (χ0n) is 14.2. The van der Waals surface area contributed by atoms with Crippen LogP contribution in [0.3, 0.4) is 0 Å². The molecule has 1 fully saturated rings. The van der Waals surface area contributed by atoms with Crippen LogP contribution < -0.4 is 4.74 Å². The van der Waals surface area contributed by atoms with Crippen LogP contribution in [0.15, 0.2) is 12.1 Å². The van der Waals surface area contributed by atoms with Gasteiger partial charge in [0.05, 0.1) is 7.11 Å². The van der Waals surface area contributed by atoms with Crippen LogP contribution in [0.2, 0.25) is 0 Å². The fraction of sp³-hybridized carbons (Fsp3) is 0.647. The Labute approximate surface area is 132 Å². The number of rotatable bonds is 3. The maximum atomic E-state index is 12.1. The number of amides is 1. The van der Waals surface area contributed by atoms with Gasteiger partial charge in [-0.1, -0.05) is 13.0 Å². The third-order valence-corrected chi connectivity index (χ3v) is 3.79. The number of ether oxygens (including phenoxy) is 2. The van der Waals surface area contributed by atoms with E-state index >= 15 is 0 Å². The second-order valence-corrected chi connectivity index (χ2v) is 6.67. The van der Waals surface area contributed by atoms with Crippen LogP contribution in [-0.2, 0) is 11.2 Å². The summed E-state index contributed by atoms with van der Waals surface area (Å²) in [7, 11) is 1.65. The number of hydrogen-bond donors (Lipinski definition) is 0. The molecular formula is C17H26N2O3. The van der Waals surface area contributed by atoms with E-state index in [2.05, 4.69) is 18.0 Å². The first-order valence-corrected chi connectivity index (χ1v) is 7.85. The summed E-state index contributed by atoms with van der Waals surface area (Å²) in [6.45, 7) is 9.09. The molecular weight excluding hydrogens is 280 g/mol. The average Bonchev–Trinajstić information content (AvgIpc) is 2.94. The second kappa shape index (κ2) is 6.55. The van der Waals surface area contributed by atoms with E-state index in [-0.39, 0.29) is 12.0 Å². The maximum Gasteiger partial charge on any atom is 0.410 e. The predicted octanol–water partition coefficient (Wildman–Crippen LogP) is 3.38. The third kappa shape index (κ3) is 3.90. The van der Waals surface area contributed by atoms with Gasteiger partial charge in [0.15, 0.2) is 0 Å². The Morgan fingerprint density at radius 1 is 1.41 bits per heavy atom. The van der Waals surface area contributed by atoms with Crippen molar-refractivity contribution in [2.45, 2.75) is 52.1 Å². The number of nitrogens with zero attached hydrogens (tertiary/aromatic N) is 2. The summed E-state index contributed by atoms with van der Waals surface area (Å²) in [5, 5.41) is 0. The lowest BCUT2D eigenvalue weighted by molar-refractivity contribution is 0.0292. The molecule has 2 rings (SSSR count). The van der Waals surface area contributed by atoms with E-state index in [4.69, 9.17) is 9.47 Å². The molecule has 1 unspecified atom stereocenters. The molecule has 1 aliphatic rings. The van der Waals surface area contributed by atoms with Gasteiger partial charge >= 0.3 is 6.09 Å². The SMILES string of the molecule is CCc1ccc(C2CCN(C(=O)OC(C)(C)C)C2)nc1OC. The van der Waals surface area contributed by atoms with Gasteiger partial charge in [0, 0.05) is 30.3 Å². The van der Waals surface area contributed by atoms with E-state index in [1.54, 1.807) is 12.0 Å². The molecule has 5 heteroatoms. The van der Waals surface area contributed by atoms with Gasteiger partial charge in [-0.15, -0.1) is 0 Å². The van der Waals surface area contributed by atoms with Gasteiger partial charge in [-0.25, -0.2) is 9.78 Å². The molecule has 122 valence electrons.